The molecule has 0 saturated carbocycles. The van der Waals surface area contributed by atoms with E-state index in [1.54, 1.807) is 30.6 Å². The van der Waals surface area contributed by atoms with E-state index in [0.29, 0.717) is 22.5 Å². The molecule has 0 saturated heterocycles. The van der Waals surface area contributed by atoms with Gasteiger partial charge >= 0.3 is 0 Å². The molecule has 0 unspecified atom stereocenters. The van der Waals surface area contributed by atoms with Crippen LogP contribution in [0.4, 0.5) is 5.69 Å². The Hall–Kier alpha value is -2.81. The van der Waals surface area contributed by atoms with Crippen LogP contribution in [-0.4, -0.2) is 25.1 Å². The second-order valence-electron chi connectivity index (χ2n) is 4.54. The average Bonchev–Trinajstić information content (AvgIpc) is 3.06. The van der Waals surface area contributed by atoms with Gasteiger partial charge in [0.1, 0.15) is 0 Å². The summed E-state index contributed by atoms with van der Waals surface area (Å²) in [6.07, 6.45) is 3.33. The SMILES string of the molecule is C[C@@H](Sc1ncccn1)c1nnc(-c2ccc([N+](=O)[O-])cc2)o1. The van der Waals surface area contributed by atoms with Gasteiger partial charge in [0.15, 0.2) is 5.16 Å². The first-order valence-corrected chi connectivity index (χ1v) is 7.53. The van der Waals surface area contributed by atoms with Crippen molar-refractivity contribution in [3.8, 4) is 11.5 Å². The van der Waals surface area contributed by atoms with Crippen molar-refractivity contribution in [3.05, 3.63) is 58.7 Å². The lowest BCUT2D eigenvalue weighted by Crippen LogP contribution is -1.91. The van der Waals surface area contributed by atoms with Crippen LogP contribution in [0, 0.1) is 10.1 Å². The fourth-order valence-corrected chi connectivity index (χ4v) is 2.55. The molecule has 2 aromatic heterocycles. The summed E-state index contributed by atoms with van der Waals surface area (Å²) in [6, 6.07) is 7.69. The van der Waals surface area contributed by atoms with Crippen LogP contribution in [0.1, 0.15) is 18.1 Å². The van der Waals surface area contributed by atoms with Gasteiger partial charge in [-0.15, -0.1) is 10.2 Å². The van der Waals surface area contributed by atoms with Crippen LogP contribution in [0.25, 0.3) is 11.5 Å². The number of non-ortho nitro benzene ring substituents is 1. The molecule has 23 heavy (non-hydrogen) atoms. The minimum Gasteiger partial charge on any atom is -0.419 e. The van der Waals surface area contributed by atoms with Gasteiger partial charge in [-0.1, -0.05) is 11.8 Å². The Bertz CT molecular complexity index is 807. The van der Waals surface area contributed by atoms with Gasteiger partial charge in [-0.25, -0.2) is 9.97 Å². The minimum absolute atomic E-state index is 0.0126. The zero-order valence-electron chi connectivity index (χ0n) is 12.0. The maximum atomic E-state index is 10.7. The summed E-state index contributed by atoms with van der Waals surface area (Å²) in [5.74, 6) is 0.757. The van der Waals surface area contributed by atoms with E-state index in [4.69, 9.17) is 4.42 Å². The highest BCUT2D eigenvalue weighted by atomic mass is 32.2. The Morgan fingerprint density at radius 2 is 1.87 bits per heavy atom. The molecule has 0 bridgehead atoms. The maximum absolute atomic E-state index is 10.7. The summed E-state index contributed by atoms with van der Waals surface area (Å²) in [7, 11) is 0. The largest absolute Gasteiger partial charge is 0.419 e. The van der Waals surface area contributed by atoms with Gasteiger partial charge < -0.3 is 4.42 Å². The Labute approximate surface area is 135 Å². The van der Waals surface area contributed by atoms with Gasteiger partial charge in [0.2, 0.25) is 11.8 Å². The third kappa shape index (κ3) is 3.51. The normalized spacial score (nSPS) is 12.0. The predicted octanol–water partition coefficient (Wildman–Crippen LogP) is 3.29. The van der Waals surface area contributed by atoms with E-state index in [2.05, 4.69) is 20.2 Å². The number of hydrogen-bond acceptors (Lipinski definition) is 8. The van der Waals surface area contributed by atoms with Crippen molar-refractivity contribution in [2.75, 3.05) is 0 Å². The predicted molar refractivity (Wildman–Crippen MR) is 82.7 cm³/mol. The highest BCUT2D eigenvalue weighted by Gasteiger charge is 2.17. The Morgan fingerprint density at radius 1 is 1.17 bits per heavy atom. The molecule has 0 amide bonds. The number of aromatic nitrogens is 4. The number of nitrogens with zero attached hydrogens (tertiary/aromatic N) is 5. The molecule has 2 heterocycles. The fourth-order valence-electron chi connectivity index (χ4n) is 1.80. The molecule has 0 radical (unpaired) electrons. The topological polar surface area (TPSA) is 108 Å². The molecule has 1 aromatic carbocycles. The van der Waals surface area contributed by atoms with Crippen molar-refractivity contribution < 1.29 is 9.34 Å². The third-order valence-electron chi connectivity index (χ3n) is 2.94. The summed E-state index contributed by atoms with van der Waals surface area (Å²) in [6.45, 7) is 1.91. The average molecular weight is 329 g/mol. The molecule has 0 spiro atoms. The van der Waals surface area contributed by atoms with Gasteiger partial charge in [0, 0.05) is 30.1 Å². The molecule has 8 nitrogen and oxygen atoms in total. The lowest BCUT2D eigenvalue weighted by molar-refractivity contribution is -0.384. The van der Waals surface area contributed by atoms with E-state index >= 15 is 0 Å². The number of rotatable bonds is 5. The Kier molecular flexibility index (Phi) is 4.29. The van der Waals surface area contributed by atoms with Gasteiger partial charge in [0.25, 0.3) is 5.69 Å². The van der Waals surface area contributed by atoms with Crippen LogP contribution in [0.3, 0.4) is 0 Å². The minimum atomic E-state index is -0.457. The van der Waals surface area contributed by atoms with E-state index in [9.17, 15) is 10.1 Å². The fraction of sp³-hybridized carbons (Fsp3) is 0.143. The monoisotopic (exact) mass is 329 g/mol. The second kappa shape index (κ2) is 6.53. The zero-order chi connectivity index (χ0) is 16.2. The Morgan fingerprint density at radius 3 is 2.52 bits per heavy atom. The van der Waals surface area contributed by atoms with Crippen LogP contribution in [0.15, 0.2) is 52.3 Å². The highest BCUT2D eigenvalue weighted by Crippen LogP contribution is 2.33. The van der Waals surface area contributed by atoms with E-state index in [-0.39, 0.29) is 10.9 Å². The quantitative estimate of drug-likeness (QED) is 0.304. The number of benzene rings is 1. The summed E-state index contributed by atoms with van der Waals surface area (Å²) >= 11 is 1.40. The van der Waals surface area contributed by atoms with Crippen LogP contribution < -0.4 is 0 Å². The highest BCUT2D eigenvalue weighted by molar-refractivity contribution is 7.99. The van der Waals surface area contributed by atoms with Crippen molar-refractivity contribution in [2.45, 2.75) is 17.3 Å². The van der Waals surface area contributed by atoms with Crippen molar-refractivity contribution in [1.29, 1.82) is 0 Å². The molecule has 1 atom stereocenters. The van der Waals surface area contributed by atoms with Gasteiger partial charge in [-0.3, -0.25) is 10.1 Å². The first-order valence-electron chi connectivity index (χ1n) is 6.65. The lowest BCUT2D eigenvalue weighted by Gasteiger charge is -2.03. The van der Waals surface area contributed by atoms with Crippen molar-refractivity contribution >= 4 is 17.4 Å². The van der Waals surface area contributed by atoms with Crippen LogP contribution in [-0.2, 0) is 0 Å². The second-order valence-corrected chi connectivity index (χ2v) is 5.85. The van der Waals surface area contributed by atoms with E-state index in [1.165, 1.54) is 23.9 Å². The third-order valence-corrected chi connectivity index (χ3v) is 3.91. The standard InChI is InChI=1S/C14H11N5O3S/c1-9(23-14-15-7-2-8-16-14)12-17-18-13(22-12)10-3-5-11(6-4-10)19(20)21/h2-9H,1H3/t9-/m1/s1. The first-order chi connectivity index (χ1) is 11.1. The van der Waals surface area contributed by atoms with E-state index in [1.807, 2.05) is 6.92 Å². The zero-order valence-corrected chi connectivity index (χ0v) is 12.8. The van der Waals surface area contributed by atoms with Gasteiger partial charge in [0.05, 0.1) is 10.2 Å². The van der Waals surface area contributed by atoms with Crippen LogP contribution >= 0.6 is 11.8 Å². The smallest absolute Gasteiger partial charge is 0.269 e. The molecule has 0 aliphatic rings. The number of nitro groups is 1. The molecule has 0 N–H and O–H groups in total. The molecule has 0 aliphatic carbocycles. The Balaban J connectivity index is 1.76. The summed E-state index contributed by atoms with van der Waals surface area (Å²) in [4.78, 5) is 18.5. The van der Waals surface area contributed by atoms with Crippen molar-refractivity contribution in [3.63, 3.8) is 0 Å². The molecular weight excluding hydrogens is 318 g/mol. The van der Waals surface area contributed by atoms with Gasteiger partial charge in [-0.05, 0) is 25.1 Å². The molecule has 9 heteroatoms. The lowest BCUT2D eigenvalue weighted by atomic mass is 10.2. The number of thioether (sulfide) groups is 1. The first kappa shape index (κ1) is 15.1. The van der Waals surface area contributed by atoms with Crippen molar-refractivity contribution in [2.24, 2.45) is 0 Å². The van der Waals surface area contributed by atoms with Crippen LogP contribution in [0.5, 0.6) is 0 Å². The van der Waals surface area contributed by atoms with Gasteiger partial charge in [-0.2, -0.15) is 0 Å². The van der Waals surface area contributed by atoms with E-state index in [0.717, 1.165) is 0 Å². The molecule has 3 rings (SSSR count). The summed E-state index contributed by atoms with van der Waals surface area (Å²) in [5.41, 5.74) is 0.640. The summed E-state index contributed by atoms with van der Waals surface area (Å²) in [5, 5.41) is 19.2. The molecule has 116 valence electrons. The van der Waals surface area contributed by atoms with Crippen molar-refractivity contribution in [1.82, 2.24) is 20.2 Å². The molecule has 3 aromatic rings. The molecule has 0 fully saturated rings. The molecular formula is C14H11N5O3S. The molecule has 0 aliphatic heterocycles. The summed E-state index contributed by atoms with van der Waals surface area (Å²) < 4.78 is 5.64. The maximum Gasteiger partial charge on any atom is 0.269 e. The number of hydrogen-bond donors (Lipinski definition) is 0. The number of nitro benzene ring substituents is 1. The van der Waals surface area contributed by atoms with Crippen LogP contribution in [0.2, 0.25) is 0 Å². The van der Waals surface area contributed by atoms with E-state index < -0.39 is 4.92 Å².